The van der Waals surface area contributed by atoms with Crippen LogP contribution in [0, 0.1) is 0 Å². The Balaban J connectivity index is 1.86. The Bertz CT molecular complexity index is 743. The fraction of sp³-hybridized carbons (Fsp3) is 0.167. The van der Waals surface area contributed by atoms with E-state index in [0.29, 0.717) is 0 Å². The summed E-state index contributed by atoms with van der Waals surface area (Å²) in [6.45, 7) is 0. The van der Waals surface area contributed by atoms with Crippen LogP contribution in [0.4, 0.5) is 5.69 Å². The molecule has 22 heavy (non-hydrogen) atoms. The van der Waals surface area contributed by atoms with Gasteiger partial charge in [-0.2, -0.15) is 5.10 Å². The molecule has 3 rings (SSSR count). The lowest BCUT2D eigenvalue weighted by atomic mass is 10.1. The molecule has 0 aliphatic carbocycles. The first-order valence-corrected chi connectivity index (χ1v) is 7.15. The standard InChI is InChI=1S/C18H19N3O/c1-21(2)15-8-4-13(5-9-15)17-12-18(20-19-17)14-6-10-16(22-3)11-7-14/h4-12H,1-3H3,(H,19,20). The molecule has 4 heteroatoms. The second-order valence-electron chi connectivity index (χ2n) is 5.34. The van der Waals surface area contributed by atoms with E-state index in [0.717, 1.165) is 28.3 Å². The summed E-state index contributed by atoms with van der Waals surface area (Å²) in [4.78, 5) is 2.08. The Kier molecular flexibility index (Phi) is 3.83. The maximum atomic E-state index is 5.18. The van der Waals surface area contributed by atoms with Gasteiger partial charge < -0.3 is 9.64 Å². The van der Waals surface area contributed by atoms with Gasteiger partial charge in [0.25, 0.3) is 0 Å². The molecule has 0 amide bonds. The van der Waals surface area contributed by atoms with Crippen molar-refractivity contribution in [1.82, 2.24) is 10.2 Å². The maximum Gasteiger partial charge on any atom is 0.118 e. The van der Waals surface area contributed by atoms with Crippen molar-refractivity contribution in [3.05, 3.63) is 54.6 Å². The monoisotopic (exact) mass is 293 g/mol. The number of benzene rings is 2. The van der Waals surface area contributed by atoms with Gasteiger partial charge in [-0.25, -0.2) is 0 Å². The number of hydrogen-bond donors (Lipinski definition) is 1. The van der Waals surface area contributed by atoms with Crippen LogP contribution in [0.2, 0.25) is 0 Å². The number of hydrogen-bond acceptors (Lipinski definition) is 3. The number of rotatable bonds is 4. The molecule has 0 aliphatic heterocycles. The van der Waals surface area contributed by atoms with Crippen LogP contribution < -0.4 is 9.64 Å². The molecule has 4 nitrogen and oxygen atoms in total. The van der Waals surface area contributed by atoms with Gasteiger partial charge in [-0.15, -0.1) is 0 Å². The van der Waals surface area contributed by atoms with Gasteiger partial charge in [0.05, 0.1) is 18.5 Å². The Morgan fingerprint density at radius 1 is 0.909 bits per heavy atom. The summed E-state index contributed by atoms with van der Waals surface area (Å²) >= 11 is 0. The van der Waals surface area contributed by atoms with Gasteiger partial charge in [0.1, 0.15) is 5.75 Å². The van der Waals surface area contributed by atoms with E-state index in [1.165, 1.54) is 5.69 Å². The molecule has 112 valence electrons. The normalized spacial score (nSPS) is 10.5. The molecule has 0 saturated carbocycles. The second-order valence-corrected chi connectivity index (χ2v) is 5.34. The third-order valence-electron chi connectivity index (χ3n) is 3.66. The van der Waals surface area contributed by atoms with E-state index >= 15 is 0 Å². The number of aromatic amines is 1. The number of aromatic nitrogens is 2. The lowest BCUT2D eigenvalue weighted by Crippen LogP contribution is -2.07. The topological polar surface area (TPSA) is 41.1 Å². The van der Waals surface area contributed by atoms with Crippen LogP contribution in [0.3, 0.4) is 0 Å². The summed E-state index contributed by atoms with van der Waals surface area (Å²) in [7, 11) is 5.74. The molecule has 0 spiro atoms. The van der Waals surface area contributed by atoms with E-state index in [1.54, 1.807) is 7.11 Å². The highest BCUT2D eigenvalue weighted by Gasteiger charge is 2.06. The van der Waals surface area contributed by atoms with Gasteiger partial charge >= 0.3 is 0 Å². The minimum atomic E-state index is 0.846. The number of anilines is 1. The summed E-state index contributed by atoms with van der Waals surface area (Å²) < 4.78 is 5.18. The van der Waals surface area contributed by atoms with Gasteiger partial charge in [-0.1, -0.05) is 12.1 Å². The SMILES string of the molecule is COc1ccc(-c2cc(-c3ccc(N(C)C)cc3)[nH]n2)cc1. The zero-order valence-electron chi connectivity index (χ0n) is 13.0. The highest BCUT2D eigenvalue weighted by atomic mass is 16.5. The Labute approximate surface area is 130 Å². The van der Waals surface area contributed by atoms with Crippen molar-refractivity contribution in [3.8, 4) is 28.3 Å². The van der Waals surface area contributed by atoms with Gasteiger partial charge in [0, 0.05) is 25.3 Å². The fourth-order valence-electron chi connectivity index (χ4n) is 2.32. The minimum absolute atomic E-state index is 0.846. The van der Waals surface area contributed by atoms with Gasteiger partial charge in [-0.05, 0) is 48.0 Å². The summed E-state index contributed by atoms with van der Waals surface area (Å²) in [6.07, 6.45) is 0. The van der Waals surface area contributed by atoms with Crippen LogP contribution in [0.5, 0.6) is 5.75 Å². The Hall–Kier alpha value is -2.75. The molecular formula is C18H19N3O. The smallest absolute Gasteiger partial charge is 0.118 e. The molecule has 0 bridgehead atoms. The highest BCUT2D eigenvalue weighted by molar-refractivity contribution is 5.69. The van der Waals surface area contributed by atoms with Crippen molar-refractivity contribution in [1.29, 1.82) is 0 Å². The maximum absolute atomic E-state index is 5.18. The molecule has 0 saturated heterocycles. The lowest BCUT2D eigenvalue weighted by Gasteiger charge is -2.12. The van der Waals surface area contributed by atoms with Crippen molar-refractivity contribution in [2.75, 3.05) is 26.1 Å². The van der Waals surface area contributed by atoms with Crippen LogP contribution in [0.1, 0.15) is 0 Å². The minimum Gasteiger partial charge on any atom is -0.497 e. The first-order chi connectivity index (χ1) is 10.7. The number of methoxy groups -OCH3 is 1. The van der Waals surface area contributed by atoms with Crippen molar-refractivity contribution in [3.63, 3.8) is 0 Å². The zero-order chi connectivity index (χ0) is 15.5. The molecule has 1 heterocycles. The molecule has 2 aromatic carbocycles. The first kappa shape index (κ1) is 14.2. The number of nitrogens with zero attached hydrogens (tertiary/aromatic N) is 2. The Morgan fingerprint density at radius 3 is 2.14 bits per heavy atom. The van der Waals surface area contributed by atoms with Crippen molar-refractivity contribution in [2.24, 2.45) is 0 Å². The van der Waals surface area contributed by atoms with Gasteiger partial charge in [-0.3, -0.25) is 5.10 Å². The average Bonchev–Trinajstić information content (AvgIpc) is 3.05. The van der Waals surface area contributed by atoms with Gasteiger partial charge in [0.15, 0.2) is 0 Å². The third-order valence-corrected chi connectivity index (χ3v) is 3.66. The summed E-state index contributed by atoms with van der Waals surface area (Å²) in [6, 6.07) is 18.4. The molecule has 1 N–H and O–H groups in total. The molecule has 1 aromatic heterocycles. The van der Waals surface area contributed by atoms with E-state index in [9.17, 15) is 0 Å². The number of ether oxygens (including phenoxy) is 1. The number of H-pyrrole nitrogens is 1. The van der Waals surface area contributed by atoms with Crippen molar-refractivity contribution in [2.45, 2.75) is 0 Å². The van der Waals surface area contributed by atoms with Crippen LogP contribution in [-0.4, -0.2) is 31.4 Å². The van der Waals surface area contributed by atoms with Crippen LogP contribution in [0.25, 0.3) is 22.5 Å². The average molecular weight is 293 g/mol. The zero-order valence-corrected chi connectivity index (χ0v) is 13.0. The molecule has 0 atom stereocenters. The molecule has 0 radical (unpaired) electrons. The summed E-state index contributed by atoms with van der Waals surface area (Å²) in [5.41, 5.74) is 5.30. The van der Waals surface area contributed by atoms with E-state index in [2.05, 4.69) is 45.4 Å². The summed E-state index contributed by atoms with van der Waals surface area (Å²) in [5.74, 6) is 0.846. The van der Waals surface area contributed by atoms with Gasteiger partial charge in [0.2, 0.25) is 0 Å². The van der Waals surface area contributed by atoms with Crippen LogP contribution >= 0.6 is 0 Å². The Morgan fingerprint density at radius 2 is 1.55 bits per heavy atom. The quantitative estimate of drug-likeness (QED) is 0.795. The second kappa shape index (κ2) is 5.93. The molecule has 3 aromatic rings. The van der Waals surface area contributed by atoms with E-state index in [1.807, 2.05) is 38.4 Å². The lowest BCUT2D eigenvalue weighted by molar-refractivity contribution is 0.415. The molecule has 0 fully saturated rings. The summed E-state index contributed by atoms with van der Waals surface area (Å²) in [5, 5.41) is 7.50. The van der Waals surface area contributed by atoms with Crippen molar-refractivity contribution >= 4 is 5.69 Å². The molecular weight excluding hydrogens is 274 g/mol. The van der Waals surface area contributed by atoms with E-state index in [4.69, 9.17) is 4.74 Å². The highest BCUT2D eigenvalue weighted by Crippen LogP contribution is 2.26. The van der Waals surface area contributed by atoms with E-state index in [-0.39, 0.29) is 0 Å². The largest absolute Gasteiger partial charge is 0.497 e. The van der Waals surface area contributed by atoms with Crippen LogP contribution in [-0.2, 0) is 0 Å². The van der Waals surface area contributed by atoms with Crippen molar-refractivity contribution < 1.29 is 4.74 Å². The fourth-order valence-corrected chi connectivity index (χ4v) is 2.32. The predicted molar refractivity (Wildman–Crippen MR) is 90.3 cm³/mol. The number of nitrogens with one attached hydrogen (secondary N) is 1. The first-order valence-electron chi connectivity index (χ1n) is 7.15. The molecule has 0 unspecified atom stereocenters. The predicted octanol–water partition coefficient (Wildman–Crippen LogP) is 3.82. The van der Waals surface area contributed by atoms with E-state index < -0.39 is 0 Å². The third kappa shape index (κ3) is 2.81. The van der Waals surface area contributed by atoms with Crippen LogP contribution in [0.15, 0.2) is 54.6 Å². The molecule has 0 aliphatic rings.